The van der Waals surface area contributed by atoms with E-state index in [1.54, 1.807) is 38.1 Å². The van der Waals surface area contributed by atoms with Crippen LogP contribution in [-0.2, 0) is 17.9 Å². The van der Waals surface area contributed by atoms with Crippen LogP contribution in [0.15, 0.2) is 47.6 Å². The molecule has 11 heteroatoms. The summed E-state index contributed by atoms with van der Waals surface area (Å²) < 4.78 is 12.6. The molecular weight excluding hydrogens is 462 g/mol. The predicted octanol–water partition coefficient (Wildman–Crippen LogP) is 4.19. The summed E-state index contributed by atoms with van der Waals surface area (Å²) in [7, 11) is 1.53. The molecule has 178 valence electrons. The van der Waals surface area contributed by atoms with E-state index < -0.39 is 10.8 Å². The topological polar surface area (TPSA) is 121 Å². The Morgan fingerprint density at radius 3 is 2.62 bits per heavy atom. The van der Waals surface area contributed by atoms with Crippen molar-refractivity contribution in [3.8, 4) is 11.5 Å². The maximum atomic E-state index is 12.3. The summed E-state index contributed by atoms with van der Waals surface area (Å²) in [4.78, 5) is 22.9. The van der Waals surface area contributed by atoms with Crippen molar-refractivity contribution in [3.05, 3.63) is 80.1 Å². The number of aryl methyl sites for hydroxylation is 1. The summed E-state index contributed by atoms with van der Waals surface area (Å²) in [6.45, 7) is 4.88. The lowest BCUT2D eigenvalue weighted by Gasteiger charge is -2.13. The van der Waals surface area contributed by atoms with Crippen molar-refractivity contribution in [1.29, 1.82) is 0 Å². The zero-order chi connectivity index (χ0) is 24.8. The third-order valence-electron chi connectivity index (χ3n) is 5.09. The SMILES string of the molecule is COc1cc(/C(C)=N/NC(=O)Cn2nc(C)c([N+](=O)[O-])c2C)ccc1OCc1ccccc1Cl. The molecule has 0 aliphatic heterocycles. The van der Waals surface area contributed by atoms with E-state index in [9.17, 15) is 14.9 Å². The van der Waals surface area contributed by atoms with Gasteiger partial charge in [0, 0.05) is 16.1 Å². The van der Waals surface area contributed by atoms with Crippen LogP contribution in [0.3, 0.4) is 0 Å². The van der Waals surface area contributed by atoms with Gasteiger partial charge >= 0.3 is 5.69 Å². The zero-order valence-corrected chi connectivity index (χ0v) is 19.9. The minimum Gasteiger partial charge on any atom is -0.493 e. The Kier molecular flexibility index (Phi) is 7.85. The third-order valence-corrected chi connectivity index (χ3v) is 5.46. The highest BCUT2D eigenvalue weighted by atomic mass is 35.5. The van der Waals surface area contributed by atoms with Crippen molar-refractivity contribution >= 4 is 28.9 Å². The maximum Gasteiger partial charge on any atom is 0.312 e. The van der Waals surface area contributed by atoms with Crippen LogP contribution in [0.25, 0.3) is 0 Å². The summed E-state index contributed by atoms with van der Waals surface area (Å²) in [6, 6.07) is 12.7. The fourth-order valence-corrected chi connectivity index (χ4v) is 3.46. The molecule has 0 saturated carbocycles. The van der Waals surface area contributed by atoms with Gasteiger partial charge in [-0.15, -0.1) is 0 Å². The fourth-order valence-electron chi connectivity index (χ4n) is 3.27. The van der Waals surface area contributed by atoms with Gasteiger partial charge < -0.3 is 9.47 Å². The van der Waals surface area contributed by atoms with Crippen LogP contribution in [0.2, 0.25) is 5.02 Å². The number of halogens is 1. The summed E-state index contributed by atoms with van der Waals surface area (Å²) >= 11 is 6.18. The number of carbonyl (C=O) groups is 1. The van der Waals surface area contributed by atoms with Crippen LogP contribution in [-0.4, -0.2) is 33.4 Å². The minimum atomic E-state index is -0.510. The van der Waals surface area contributed by atoms with Crippen molar-refractivity contribution in [1.82, 2.24) is 15.2 Å². The molecule has 0 atom stereocenters. The largest absolute Gasteiger partial charge is 0.493 e. The van der Waals surface area contributed by atoms with Crippen molar-refractivity contribution < 1.29 is 19.2 Å². The van der Waals surface area contributed by atoms with Gasteiger partial charge in [0.15, 0.2) is 11.5 Å². The van der Waals surface area contributed by atoms with E-state index >= 15 is 0 Å². The molecule has 2 aromatic carbocycles. The van der Waals surface area contributed by atoms with Crippen molar-refractivity contribution in [2.75, 3.05) is 7.11 Å². The number of carbonyl (C=O) groups excluding carboxylic acids is 1. The van der Waals surface area contributed by atoms with Gasteiger partial charge in [0.05, 0.1) is 17.7 Å². The number of nitrogens with zero attached hydrogens (tertiary/aromatic N) is 4. The van der Waals surface area contributed by atoms with Gasteiger partial charge in [-0.2, -0.15) is 10.2 Å². The van der Waals surface area contributed by atoms with Crippen LogP contribution >= 0.6 is 11.6 Å². The number of amides is 1. The van der Waals surface area contributed by atoms with E-state index in [0.717, 1.165) is 5.56 Å². The van der Waals surface area contributed by atoms with Crippen LogP contribution in [0, 0.1) is 24.0 Å². The number of benzene rings is 2. The average Bonchev–Trinajstić information content (AvgIpc) is 3.09. The summed E-state index contributed by atoms with van der Waals surface area (Å²) in [5, 5.41) is 19.9. The second kappa shape index (κ2) is 10.8. The van der Waals surface area contributed by atoms with Gasteiger partial charge in [0.2, 0.25) is 0 Å². The average molecular weight is 486 g/mol. The predicted molar refractivity (Wildman–Crippen MR) is 127 cm³/mol. The first-order valence-electron chi connectivity index (χ1n) is 10.3. The van der Waals surface area contributed by atoms with Gasteiger partial charge in [-0.05, 0) is 45.0 Å². The lowest BCUT2D eigenvalue weighted by Crippen LogP contribution is -2.25. The van der Waals surface area contributed by atoms with Crippen molar-refractivity contribution in [2.24, 2.45) is 5.10 Å². The van der Waals surface area contributed by atoms with E-state index in [4.69, 9.17) is 21.1 Å². The number of ether oxygens (including phenoxy) is 2. The Labute approximate surface area is 201 Å². The van der Waals surface area contributed by atoms with Crippen LogP contribution in [0.5, 0.6) is 11.5 Å². The monoisotopic (exact) mass is 485 g/mol. The van der Waals surface area contributed by atoms with Gasteiger partial charge in [-0.1, -0.05) is 29.8 Å². The number of nitrogens with one attached hydrogen (secondary N) is 1. The van der Waals surface area contributed by atoms with E-state index in [0.29, 0.717) is 33.5 Å². The Bertz CT molecular complexity index is 1250. The molecule has 0 spiro atoms. The van der Waals surface area contributed by atoms with Crippen molar-refractivity contribution in [2.45, 2.75) is 33.9 Å². The van der Waals surface area contributed by atoms with Crippen LogP contribution in [0.1, 0.15) is 29.4 Å². The molecule has 0 fully saturated rings. The highest BCUT2D eigenvalue weighted by Gasteiger charge is 2.22. The van der Waals surface area contributed by atoms with Crippen LogP contribution < -0.4 is 14.9 Å². The molecule has 0 unspecified atom stereocenters. The molecule has 0 aliphatic carbocycles. The van der Waals surface area contributed by atoms with E-state index in [1.165, 1.54) is 18.7 Å². The Morgan fingerprint density at radius 2 is 1.97 bits per heavy atom. The van der Waals surface area contributed by atoms with Gasteiger partial charge in [-0.25, -0.2) is 5.43 Å². The fraction of sp³-hybridized carbons (Fsp3) is 0.261. The Balaban J connectivity index is 1.67. The quantitative estimate of drug-likeness (QED) is 0.275. The zero-order valence-electron chi connectivity index (χ0n) is 19.2. The third kappa shape index (κ3) is 5.70. The number of aromatic nitrogens is 2. The van der Waals surface area contributed by atoms with Gasteiger partial charge in [0.25, 0.3) is 5.91 Å². The molecule has 0 aliphatic rings. The van der Waals surface area contributed by atoms with Crippen molar-refractivity contribution in [3.63, 3.8) is 0 Å². The summed E-state index contributed by atoms with van der Waals surface area (Å²) in [5.74, 6) is 0.570. The molecule has 3 rings (SSSR count). The molecule has 1 heterocycles. The van der Waals surface area contributed by atoms with E-state index in [-0.39, 0.29) is 24.5 Å². The smallest absolute Gasteiger partial charge is 0.312 e. The molecule has 1 aromatic heterocycles. The molecule has 3 aromatic rings. The summed E-state index contributed by atoms with van der Waals surface area (Å²) in [5.41, 5.74) is 4.99. The molecule has 0 bridgehead atoms. The lowest BCUT2D eigenvalue weighted by atomic mass is 10.1. The Hall–Kier alpha value is -3.92. The Morgan fingerprint density at radius 1 is 1.24 bits per heavy atom. The molecule has 0 radical (unpaired) electrons. The summed E-state index contributed by atoms with van der Waals surface area (Å²) in [6.07, 6.45) is 0. The highest BCUT2D eigenvalue weighted by Crippen LogP contribution is 2.30. The molecule has 10 nitrogen and oxygen atoms in total. The minimum absolute atomic E-state index is 0.101. The first-order valence-corrected chi connectivity index (χ1v) is 10.6. The number of rotatable bonds is 9. The van der Waals surface area contributed by atoms with E-state index in [1.807, 2.05) is 18.2 Å². The second-order valence-electron chi connectivity index (χ2n) is 7.41. The molecule has 1 N–H and O–H groups in total. The molecular formula is C23H24ClN5O5. The van der Waals surface area contributed by atoms with Gasteiger partial charge in [0.1, 0.15) is 24.5 Å². The lowest BCUT2D eigenvalue weighted by molar-refractivity contribution is -0.386. The first-order chi connectivity index (χ1) is 16.2. The number of nitro groups is 1. The standard InChI is InChI=1S/C23H24ClN5O5/c1-14(25-26-22(30)12-28-16(3)23(29(31)32)15(2)27-28)17-9-10-20(21(11-17)33-4)34-13-18-7-5-6-8-19(18)24/h5-11H,12-13H2,1-4H3,(H,26,30)/b25-14+. The molecule has 0 saturated heterocycles. The number of methoxy groups -OCH3 is 1. The van der Waals surface area contributed by atoms with E-state index in [2.05, 4.69) is 15.6 Å². The van der Waals surface area contributed by atoms with Crippen LogP contribution in [0.4, 0.5) is 5.69 Å². The number of hydrogen-bond acceptors (Lipinski definition) is 7. The highest BCUT2D eigenvalue weighted by molar-refractivity contribution is 6.31. The maximum absolute atomic E-state index is 12.3. The molecule has 34 heavy (non-hydrogen) atoms. The first kappa shape index (κ1) is 24.7. The number of hydrogen-bond donors (Lipinski definition) is 1. The number of hydrazone groups is 1. The van der Waals surface area contributed by atoms with Gasteiger partial charge in [-0.3, -0.25) is 19.6 Å². The second-order valence-corrected chi connectivity index (χ2v) is 7.82. The normalized spacial score (nSPS) is 11.3. The molecule has 1 amide bonds.